The molecule has 1 aromatic heterocycles. The molecule has 0 atom stereocenters. The fourth-order valence-electron chi connectivity index (χ4n) is 3.63. The Balaban J connectivity index is 0.00000302. The molecule has 1 heterocycles. The topological polar surface area (TPSA) is 103 Å². The maximum Gasteiger partial charge on any atom is 0.420 e. The van der Waals surface area contributed by atoms with Crippen LogP contribution in [-0.4, -0.2) is 20.7 Å². The average Bonchev–Trinajstić information content (AvgIpc) is 3.17. The molecule has 3 rings (SSSR count). The summed E-state index contributed by atoms with van der Waals surface area (Å²) < 4.78 is 164. The molecule has 19 heteroatoms. The van der Waals surface area contributed by atoms with E-state index in [1.54, 1.807) is 0 Å². The normalized spacial score (nSPS) is 11.6. The summed E-state index contributed by atoms with van der Waals surface area (Å²) in [5.74, 6) is -11.5. The van der Waals surface area contributed by atoms with Crippen molar-refractivity contribution in [2.75, 3.05) is 0 Å². The SMILES string of the molecule is CC.Cc1nn(-c2c(F)c(F)c(C#N)c(C(F)(F)F)c2F)c(O)c1C(=O)c1cc(C(F)(F)F)c(C#N)c(C(F)(F)F)c1.[Zn]. The van der Waals surface area contributed by atoms with Gasteiger partial charge in [-0.25, -0.2) is 13.2 Å². The minimum absolute atomic E-state index is 0. The van der Waals surface area contributed by atoms with Gasteiger partial charge in [0.05, 0.1) is 22.4 Å². The van der Waals surface area contributed by atoms with Crippen LogP contribution in [0.2, 0.25) is 0 Å². The molecule has 0 unspecified atom stereocenters. The van der Waals surface area contributed by atoms with E-state index in [1.165, 1.54) is 0 Å². The maximum atomic E-state index is 14.8. The monoisotopic (exact) mass is 680 g/mol. The minimum Gasteiger partial charge on any atom is -0.493 e. The molecule has 0 amide bonds. The third kappa shape index (κ3) is 6.61. The molecule has 0 aliphatic heterocycles. The van der Waals surface area contributed by atoms with Gasteiger partial charge in [-0.05, 0) is 19.1 Å². The summed E-state index contributed by atoms with van der Waals surface area (Å²) >= 11 is 0. The first-order valence-corrected chi connectivity index (χ1v) is 10.9. The van der Waals surface area contributed by atoms with Gasteiger partial charge in [0.1, 0.15) is 34.5 Å². The summed E-state index contributed by atoms with van der Waals surface area (Å²) in [5, 5.41) is 31.2. The molecule has 0 saturated carbocycles. The minimum atomic E-state index is -5.82. The molecule has 0 bridgehead atoms. The van der Waals surface area contributed by atoms with Crippen molar-refractivity contribution in [3.8, 4) is 23.7 Å². The average molecular weight is 682 g/mol. The van der Waals surface area contributed by atoms with Gasteiger partial charge in [-0.1, -0.05) is 13.8 Å². The van der Waals surface area contributed by atoms with E-state index in [1.807, 2.05) is 13.8 Å². The number of aromatic hydroxyl groups is 1. The third-order valence-corrected chi connectivity index (χ3v) is 5.29. The second-order valence-electron chi connectivity index (χ2n) is 7.73. The van der Waals surface area contributed by atoms with Crippen LogP contribution >= 0.6 is 0 Å². The number of ketones is 1. The number of carbonyl (C=O) groups is 1. The van der Waals surface area contributed by atoms with E-state index >= 15 is 0 Å². The smallest absolute Gasteiger partial charge is 0.420 e. The van der Waals surface area contributed by atoms with Gasteiger partial charge in [-0.2, -0.15) is 59.8 Å². The molecular formula is C24H12F12N4O2Zn. The van der Waals surface area contributed by atoms with Gasteiger partial charge < -0.3 is 5.11 Å². The van der Waals surface area contributed by atoms with Crippen LogP contribution in [-0.2, 0) is 38.0 Å². The van der Waals surface area contributed by atoms with E-state index in [2.05, 4.69) is 5.10 Å². The number of alkyl halides is 9. The zero-order chi connectivity index (χ0) is 32.7. The summed E-state index contributed by atoms with van der Waals surface area (Å²) in [6.07, 6.45) is -17.1. The van der Waals surface area contributed by atoms with E-state index in [4.69, 9.17) is 10.5 Å². The van der Waals surface area contributed by atoms with Gasteiger partial charge in [-0.3, -0.25) is 4.79 Å². The first-order chi connectivity index (χ1) is 19.2. The fraction of sp³-hybridized carbons (Fsp3) is 0.250. The van der Waals surface area contributed by atoms with Crippen molar-refractivity contribution in [2.45, 2.75) is 39.3 Å². The summed E-state index contributed by atoms with van der Waals surface area (Å²) in [6.45, 7) is 4.71. The zero-order valence-electron chi connectivity index (χ0n) is 21.5. The number of carbonyl (C=O) groups excluding carboxylic acids is 1. The van der Waals surface area contributed by atoms with Crippen LogP contribution in [0.5, 0.6) is 5.88 Å². The quantitative estimate of drug-likeness (QED) is 0.135. The number of aromatic nitrogens is 2. The Bertz CT molecular complexity index is 1620. The second-order valence-corrected chi connectivity index (χ2v) is 7.73. The Kier molecular flexibility index (Phi) is 10.8. The van der Waals surface area contributed by atoms with Gasteiger partial charge in [0, 0.05) is 25.0 Å². The number of hydrogen-bond donors (Lipinski definition) is 1. The van der Waals surface area contributed by atoms with Gasteiger partial charge >= 0.3 is 18.5 Å². The number of benzene rings is 2. The molecule has 0 saturated heterocycles. The van der Waals surface area contributed by atoms with Crippen molar-refractivity contribution >= 4 is 5.78 Å². The van der Waals surface area contributed by atoms with Gasteiger partial charge in [0.25, 0.3) is 0 Å². The number of hydrogen-bond acceptors (Lipinski definition) is 5. The summed E-state index contributed by atoms with van der Waals surface area (Å²) in [7, 11) is 0. The van der Waals surface area contributed by atoms with Crippen molar-refractivity contribution in [1.29, 1.82) is 10.5 Å². The van der Waals surface area contributed by atoms with Crippen LogP contribution in [0.3, 0.4) is 0 Å². The Morgan fingerprint density at radius 2 is 1.26 bits per heavy atom. The van der Waals surface area contributed by atoms with E-state index in [-0.39, 0.29) is 31.6 Å². The maximum absolute atomic E-state index is 14.8. The number of aryl methyl sites for hydroxylation is 1. The first-order valence-electron chi connectivity index (χ1n) is 10.9. The Labute approximate surface area is 245 Å². The molecule has 3 aromatic rings. The van der Waals surface area contributed by atoms with E-state index in [0.29, 0.717) is 13.0 Å². The zero-order valence-corrected chi connectivity index (χ0v) is 24.5. The van der Waals surface area contributed by atoms with Gasteiger partial charge in [0.2, 0.25) is 5.88 Å². The molecule has 1 N–H and O–H groups in total. The van der Waals surface area contributed by atoms with Crippen molar-refractivity contribution in [3.05, 3.63) is 74.2 Å². The van der Waals surface area contributed by atoms with Crippen LogP contribution in [0.25, 0.3) is 5.69 Å². The molecule has 0 fully saturated rings. The Morgan fingerprint density at radius 3 is 1.63 bits per heavy atom. The molecular weight excluding hydrogens is 670 g/mol. The predicted molar refractivity (Wildman–Crippen MR) is 115 cm³/mol. The van der Waals surface area contributed by atoms with Crippen LogP contribution in [0.1, 0.15) is 63.3 Å². The fourth-order valence-corrected chi connectivity index (χ4v) is 3.63. The Morgan fingerprint density at radius 1 is 0.814 bits per heavy atom. The third-order valence-electron chi connectivity index (χ3n) is 5.29. The first kappa shape index (κ1) is 36.9. The van der Waals surface area contributed by atoms with Crippen LogP contribution in [0.15, 0.2) is 12.1 Å². The van der Waals surface area contributed by atoms with E-state index < -0.39 is 103 Å². The standard InChI is InChI=1S/C22H6F12N4O2.C2H6.Zn/c1-6-12(18(39)7-2-10(20(26,27)28)8(4-35)11(3-7)21(29,30)31)19(40)38(37-6)17-15(24)13(22(32,33)34)9(5-36)14(23)16(17)25;1-2;/h2-3,40H,1H3;1-2H3;. The molecule has 6 nitrogen and oxygen atoms in total. The second kappa shape index (κ2) is 12.6. The molecule has 0 aliphatic rings. The molecule has 0 radical (unpaired) electrons. The number of halogens is 12. The van der Waals surface area contributed by atoms with Crippen molar-refractivity contribution in [3.63, 3.8) is 0 Å². The van der Waals surface area contributed by atoms with Crippen molar-refractivity contribution in [2.24, 2.45) is 0 Å². The van der Waals surface area contributed by atoms with Crippen LogP contribution < -0.4 is 0 Å². The van der Waals surface area contributed by atoms with Gasteiger partial charge in [0.15, 0.2) is 23.2 Å². The predicted octanol–water partition coefficient (Wildman–Crippen LogP) is 7.36. The molecule has 2 aromatic carbocycles. The van der Waals surface area contributed by atoms with Crippen LogP contribution in [0.4, 0.5) is 52.7 Å². The van der Waals surface area contributed by atoms with Crippen molar-refractivity contribution < 1.29 is 82.1 Å². The summed E-state index contributed by atoms with van der Waals surface area (Å²) in [4.78, 5) is 12.9. The Hall–Kier alpha value is -4.12. The number of nitrogens with zero attached hydrogens (tertiary/aromatic N) is 4. The summed E-state index contributed by atoms with van der Waals surface area (Å²) in [5.41, 5.74) is -16.9. The summed E-state index contributed by atoms with van der Waals surface area (Å²) in [6, 6.07) is 0.948. The van der Waals surface area contributed by atoms with Gasteiger partial charge in [-0.15, -0.1) is 0 Å². The molecule has 43 heavy (non-hydrogen) atoms. The van der Waals surface area contributed by atoms with Crippen molar-refractivity contribution in [1.82, 2.24) is 9.78 Å². The largest absolute Gasteiger partial charge is 0.493 e. The number of nitriles is 2. The number of rotatable bonds is 3. The molecule has 0 aliphatic carbocycles. The van der Waals surface area contributed by atoms with E-state index in [9.17, 15) is 62.6 Å². The van der Waals surface area contributed by atoms with E-state index in [0.717, 1.165) is 6.07 Å². The van der Waals surface area contributed by atoms with Crippen LogP contribution in [0, 0.1) is 47.0 Å². The molecule has 0 spiro atoms. The molecule has 226 valence electrons.